The quantitative estimate of drug-likeness (QED) is 0.839. The van der Waals surface area contributed by atoms with Gasteiger partial charge in [0.2, 0.25) is 0 Å². The number of nitrogens with zero attached hydrogens (tertiary/aromatic N) is 2. The highest BCUT2D eigenvalue weighted by molar-refractivity contribution is 4.98. The second-order valence-corrected chi connectivity index (χ2v) is 6.24. The molecule has 3 saturated heterocycles. The van der Waals surface area contributed by atoms with Crippen LogP contribution in [0.25, 0.3) is 0 Å². The summed E-state index contributed by atoms with van der Waals surface area (Å²) in [4.78, 5) is 3.87. The molecule has 3 heterocycles. The highest BCUT2D eigenvalue weighted by atomic mass is 19.4. The number of hydrogen-bond acceptors (Lipinski definition) is 3. The fraction of sp³-hybridized carbons (Fsp3) is 1.00. The Balaban J connectivity index is 1.41. The number of halogens is 3. The normalized spacial score (nSPS) is 37.1. The molecule has 110 valence electrons. The first kappa shape index (κ1) is 13.6. The Morgan fingerprint density at radius 1 is 1.00 bits per heavy atom. The molecule has 0 radical (unpaired) electrons. The molecule has 19 heavy (non-hydrogen) atoms. The van der Waals surface area contributed by atoms with E-state index in [0.717, 1.165) is 19.6 Å². The van der Waals surface area contributed by atoms with Crippen molar-refractivity contribution in [1.29, 1.82) is 0 Å². The molecule has 0 aromatic carbocycles. The van der Waals surface area contributed by atoms with Crippen molar-refractivity contribution in [3.63, 3.8) is 0 Å². The Kier molecular flexibility index (Phi) is 3.75. The number of alkyl halides is 3. The fourth-order valence-electron chi connectivity index (χ4n) is 3.85. The van der Waals surface area contributed by atoms with Crippen molar-refractivity contribution in [2.45, 2.75) is 37.5 Å². The van der Waals surface area contributed by atoms with Crippen LogP contribution in [0.5, 0.6) is 0 Å². The Bertz CT molecular complexity index is 313. The molecule has 2 bridgehead atoms. The number of rotatable bonds is 3. The van der Waals surface area contributed by atoms with Gasteiger partial charge in [0.05, 0.1) is 6.54 Å². The van der Waals surface area contributed by atoms with Crippen LogP contribution in [0.1, 0.15) is 19.3 Å². The van der Waals surface area contributed by atoms with Gasteiger partial charge in [0.25, 0.3) is 0 Å². The highest BCUT2D eigenvalue weighted by Gasteiger charge is 2.40. The number of fused-ring (bicyclic) bond motifs is 2. The Hall–Kier alpha value is -0.330. The summed E-state index contributed by atoms with van der Waals surface area (Å²) in [5.41, 5.74) is 0. The second kappa shape index (κ2) is 5.22. The van der Waals surface area contributed by atoms with Gasteiger partial charge in [0.1, 0.15) is 0 Å². The van der Waals surface area contributed by atoms with Crippen molar-refractivity contribution in [3.05, 3.63) is 0 Å². The molecule has 3 rings (SSSR count). The van der Waals surface area contributed by atoms with Gasteiger partial charge >= 0.3 is 6.18 Å². The van der Waals surface area contributed by atoms with Crippen molar-refractivity contribution in [2.24, 2.45) is 5.92 Å². The summed E-state index contributed by atoms with van der Waals surface area (Å²) in [5, 5.41) is 3.62. The van der Waals surface area contributed by atoms with E-state index in [2.05, 4.69) is 10.2 Å². The van der Waals surface area contributed by atoms with Gasteiger partial charge in [-0.05, 0) is 25.2 Å². The van der Waals surface area contributed by atoms with Crippen LogP contribution >= 0.6 is 0 Å². The van der Waals surface area contributed by atoms with Crippen LogP contribution in [0.15, 0.2) is 0 Å². The molecule has 3 fully saturated rings. The molecule has 0 saturated carbocycles. The first-order chi connectivity index (χ1) is 8.99. The van der Waals surface area contributed by atoms with Gasteiger partial charge in [-0.3, -0.25) is 4.90 Å². The third-order valence-corrected chi connectivity index (χ3v) is 4.79. The van der Waals surface area contributed by atoms with E-state index < -0.39 is 12.7 Å². The average Bonchev–Trinajstić information content (AvgIpc) is 2.92. The van der Waals surface area contributed by atoms with E-state index in [-0.39, 0.29) is 0 Å². The standard InChI is InChI=1S/C13H22F3N3/c14-13(15,16)9-19-5-3-18(4-6-19)8-10-7-11-1-2-12(10)17-11/h10-12,17H,1-9H2. The van der Waals surface area contributed by atoms with Gasteiger partial charge in [0.15, 0.2) is 0 Å². The van der Waals surface area contributed by atoms with Crippen LogP contribution in [0.2, 0.25) is 0 Å². The van der Waals surface area contributed by atoms with Crippen LogP contribution in [-0.4, -0.2) is 67.3 Å². The highest BCUT2D eigenvalue weighted by Crippen LogP contribution is 2.33. The SMILES string of the molecule is FC(F)(F)CN1CCN(CC2CC3CCC2N3)CC1. The van der Waals surface area contributed by atoms with Crippen LogP contribution < -0.4 is 5.32 Å². The lowest BCUT2D eigenvalue weighted by atomic mass is 9.88. The van der Waals surface area contributed by atoms with Crippen LogP contribution in [0.3, 0.4) is 0 Å². The van der Waals surface area contributed by atoms with Gasteiger partial charge in [-0.25, -0.2) is 0 Å². The lowest BCUT2D eigenvalue weighted by molar-refractivity contribution is -0.149. The van der Waals surface area contributed by atoms with Crippen LogP contribution in [-0.2, 0) is 0 Å². The summed E-state index contributed by atoms with van der Waals surface area (Å²) < 4.78 is 36.9. The summed E-state index contributed by atoms with van der Waals surface area (Å²) in [6.45, 7) is 2.97. The van der Waals surface area contributed by atoms with Crippen LogP contribution in [0.4, 0.5) is 13.2 Å². The smallest absolute Gasteiger partial charge is 0.311 e. The average molecular weight is 277 g/mol. The van der Waals surface area contributed by atoms with E-state index in [1.807, 2.05) is 0 Å². The molecular weight excluding hydrogens is 255 g/mol. The number of hydrogen-bond donors (Lipinski definition) is 1. The Morgan fingerprint density at radius 2 is 1.68 bits per heavy atom. The predicted molar refractivity (Wildman–Crippen MR) is 67.0 cm³/mol. The Labute approximate surface area is 112 Å². The van der Waals surface area contributed by atoms with Crippen molar-refractivity contribution in [2.75, 3.05) is 39.3 Å². The number of nitrogens with one attached hydrogen (secondary N) is 1. The minimum absolute atomic E-state index is 0.549. The lowest BCUT2D eigenvalue weighted by Crippen LogP contribution is -2.50. The van der Waals surface area contributed by atoms with E-state index in [9.17, 15) is 13.2 Å². The van der Waals surface area contributed by atoms with Crippen LogP contribution in [0, 0.1) is 5.92 Å². The molecule has 0 aromatic rings. The third-order valence-electron chi connectivity index (χ3n) is 4.79. The van der Waals surface area contributed by atoms with E-state index in [4.69, 9.17) is 0 Å². The zero-order chi connectivity index (χ0) is 13.5. The zero-order valence-electron chi connectivity index (χ0n) is 11.1. The first-order valence-corrected chi connectivity index (χ1v) is 7.27. The van der Waals surface area contributed by atoms with Gasteiger partial charge < -0.3 is 10.2 Å². The molecule has 0 spiro atoms. The maximum absolute atomic E-state index is 12.3. The molecule has 0 amide bonds. The topological polar surface area (TPSA) is 18.5 Å². The van der Waals surface area contributed by atoms with Gasteiger partial charge in [-0.1, -0.05) is 0 Å². The summed E-state index contributed by atoms with van der Waals surface area (Å²) in [5.74, 6) is 0.716. The molecular formula is C13H22F3N3. The van der Waals surface area contributed by atoms with Gasteiger partial charge in [-0.15, -0.1) is 0 Å². The minimum Gasteiger partial charge on any atom is -0.311 e. The third kappa shape index (κ3) is 3.41. The van der Waals surface area contributed by atoms with Crippen molar-refractivity contribution >= 4 is 0 Å². The van der Waals surface area contributed by atoms with Gasteiger partial charge in [0, 0.05) is 44.8 Å². The van der Waals surface area contributed by atoms with Gasteiger partial charge in [-0.2, -0.15) is 13.2 Å². The maximum atomic E-state index is 12.3. The monoisotopic (exact) mass is 277 g/mol. The summed E-state index contributed by atoms with van der Waals surface area (Å²) in [6, 6.07) is 1.37. The number of piperazine rings is 1. The lowest BCUT2D eigenvalue weighted by Gasteiger charge is -2.37. The molecule has 6 heteroatoms. The Morgan fingerprint density at radius 3 is 2.21 bits per heavy atom. The first-order valence-electron chi connectivity index (χ1n) is 7.27. The molecule has 3 unspecified atom stereocenters. The van der Waals surface area contributed by atoms with E-state index >= 15 is 0 Å². The second-order valence-electron chi connectivity index (χ2n) is 6.24. The largest absolute Gasteiger partial charge is 0.401 e. The minimum atomic E-state index is -4.06. The molecule has 1 N–H and O–H groups in total. The molecule has 3 nitrogen and oxygen atoms in total. The van der Waals surface area contributed by atoms with Crippen molar-refractivity contribution in [1.82, 2.24) is 15.1 Å². The van der Waals surface area contributed by atoms with E-state index in [1.165, 1.54) is 24.2 Å². The maximum Gasteiger partial charge on any atom is 0.401 e. The van der Waals surface area contributed by atoms with Crippen molar-refractivity contribution < 1.29 is 13.2 Å². The molecule has 0 aliphatic carbocycles. The molecule has 0 aromatic heterocycles. The van der Waals surface area contributed by atoms with E-state index in [0.29, 0.717) is 31.1 Å². The fourth-order valence-corrected chi connectivity index (χ4v) is 3.85. The molecule has 3 aliphatic rings. The zero-order valence-corrected chi connectivity index (χ0v) is 11.1. The summed E-state index contributed by atoms with van der Waals surface area (Å²) in [7, 11) is 0. The summed E-state index contributed by atoms with van der Waals surface area (Å²) in [6.07, 6.45) is -0.214. The molecule has 3 aliphatic heterocycles. The summed E-state index contributed by atoms with van der Waals surface area (Å²) >= 11 is 0. The molecule has 3 atom stereocenters. The van der Waals surface area contributed by atoms with E-state index in [1.54, 1.807) is 0 Å². The van der Waals surface area contributed by atoms with Crippen molar-refractivity contribution in [3.8, 4) is 0 Å². The predicted octanol–water partition coefficient (Wildman–Crippen LogP) is 1.31.